The number of aryl methyl sites for hydroxylation is 1. The van der Waals surface area contributed by atoms with Crippen LogP contribution in [0.3, 0.4) is 0 Å². The lowest BCUT2D eigenvalue weighted by Crippen LogP contribution is -2.21. The van der Waals surface area contributed by atoms with E-state index < -0.39 is 10.0 Å². The number of rotatable bonds is 2. The monoisotopic (exact) mass is 288 g/mol. The molecule has 0 spiro atoms. The largest absolute Gasteiger partial charge is 0.317 e. The first kappa shape index (κ1) is 12.7. The van der Waals surface area contributed by atoms with Gasteiger partial charge in [-0.15, -0.1) is 0 Å². The van der Waals surface area contributed by atoms with Crippen LogP contribution < -0.4 is 5.56 Å². The molecule has 3 aromatic rings. The Morgan fingerprint density at radius 2 is 1.60 bits per heavy atom. The summed E-state index contributed by atoms with van der Waals surface area (Å²) in [5, 5.41) is 0.604. The zero-order valence-electron chi connectivity index (χ0n) is 10.7. The second kappa shape index (κ2) is 4.35. The van der Waals surface area contributed by atoms with Crippen LogP contribution in [0.2, 0.25) is 0 Å². The van der Waals surface area contributed by atoms with E-state index in [9.17, 15) is 13.2 Å². The maximum Gasteiger partial charge on any atom is 0.275 e. The van der Waals surface area contributed by atoms with Gasteiger partial charge in [-0.2, -0.15) is 0 Å². The van der Waals surface area contributed by atoms with Crippen molar-refractivity contribution < 1.29 is 8.42 Å². The smallest absolute Gasteiger partial charge is 0.275 e. The van der Waals surface area contributed by atoms with Crippen LogP contribution in [0.4, 0.5) is 0 Å². The molecule has 0 aliphatic carbocycles. The summed E-state index contributed by atoms with van der Waals surface area (Å²) in [6.45, 7) is 0. The van der Waals surface area contributed by atoms with Gasteiger partial charge in [-0.25, -0.2) is 12.4 Å². The summed E-state index contributed by atoms with van der Waals surface area (Å²) in [5.74, 6) is 0. The van der Waals surface area contributed by atoms with Gasteiger partial charge in [0.05, 0.1) is 4.90 Å². The number of nitrogens with zero attached hydrogens (tertiary/aromatic N) is 2. The fourth-order valence-electron chi connectivity index (χ4n) is 2.11. The van der Waals surface area contributed by atoms with Crippen LogP contribution in [0.15, 0.2) is 64.5 Å². The molecule has 0 N–H and O–H groups in total. The van der Waals surface area contributed by atoms with Gasteiger partial charge < -0.3 is 4.57 Å². The highest BCUT2D eigenvalue weighted by atomic mass is 32.2. The lowest BCUT2D eigenvalue weighted by molar-refractivity contribution is 0.589. The number of fused-ring (bicyclic) bond motifs is 1. The molecule has 0 saturated carbocycles. The van der Waals surface area contributed by atoms with Crippen LogP contribution in [0, 0.1) is 0 Å². The second-order valence-electron chi connectivity index (χ2n) is 4.47. The molecule has 20 heavy (non-hydrogen) atoms. The van der Waals surface area contributed by atoms with E-state index in [1.807, 2.05) is 0 Å². The molecule has 0 aliphatic rings. The van der Waals surface area contributed by atoms with Gasteiger partial charge in [-0.3, -0.25) is 4.79 Å². The van der Waals surface area contributed by atoms with E-state index in [1.54, 1.807) is 43.6 Å². The van der Waals surface area contributed by atoms with Crippen LogP contribution in [0.25, 0.3) is 10.9 Å². The van der Waals surface area contributed by atoms with Crippen molar-refractivity contribution in [1.29, 1.82) is 0 Å². The Kier molecular flexibility index (Phi) is 2.76. The Morgan fingerprint density at radius 3 is 2.30 bits per heavy atom. The fraction of sp³-hybridized carbons (Fsp3) is 0.0714. The third-order valence-corrected chi connectivity index (χ3v) is 4.87. The number of benzene rings is 1. The molecule has 1 aromatic carbocycles. The van der Waals surface area contributed by atoms with Gasteiger partial charge in [-0.1, -0.05) is 18.2 Å². The van der Waals surface area contributed by atoms with Gasteiger partial charge in [0.2, 0.25) is 0 Å². The minimum absolute atomic E-state index is 0.156. The van der Waals surface area contributed by atoms with Gasteiger partial charge in [-0.05, 0) is 24.3 Å². The van der Waals surface area contributed by atoms with Crippen molar-refractivity contribution in [3.8, 4) is 0 Å². The van der Waals surface area contributed by atoms with Gasteiger partial charge >= 0.3 is 0 Å². The van der Waals surface area contributed by atoms with Gasteiger partial charge in [0, 0.05) is 24.8 Å². The molecule has 3 rings (SSSR count). The van der Waals surface area contributed by atoms with Crippen molar-refractivity contribution in [1.82, 2.24) is 8.54 Å². The molecular formula is C14H12N2O3S. The first-order valence-corrected chi connectivity index (χ1v) is 7.43. The third-order valence-electron chi connectivity index (χ3n) is 3.18. The van der Waals surface area contributed by atoms with Crippen molar-refractivity contribution in [3.05, 3.63) is 65.2 Å². The first-order valence-electron chi connectivity index (χ1n) is 5.99. The van der Waals surface area contributed by atoms with E-state index in [0.717, 1.165) is 3.97 Å². The van der Waals surface area contributed by atoms with Crippen molar-refractivity contribution in [2.24, 2.45) is 7.05 Å². The van der Waals surface area contributed by atoms with Crippen LogP contribution in [-0.4, -0.2) is 17.0 Å². The molecule has 0 fully saturated rings. The predicted molar refractivity (Wildman–Crippen MR) is 76.2 cm³/mol. The van der Waals surface area contributed by atoms with Gasteiger partial charge in [0.1, 0.15) is 5.52 Å². The second-order valence-corrected chi connectivity index (χ2v) is 6.28. The Morgan fingerprint density at radius 1 is 0.950 bits per heavy atom. The Balaban J connectivity index is 2.37. The summed E-state index contributed by atoms with van der Waals surface area (Å²) >= 11 is 0. The summed E-state index contributed by atoms with van der Waals surface area (Å²) in [6.07, 6.45) is 3.03. The van der Waals surface area contributed by atoms with E-state index in [0.29, 0.717) is 5.39 Å². The van der Waals surface area contributed by atoms with Crippen LogP contribution in [0.5, 0.6) is 0 Å². The summed E-state index contributed by atoms with van der Waals surface area (Å²) in [7, 11) is -2.17. The lowest BCUT2D eigenvalue weighted by atomic mass is 10.3. The highest BCUT2D eigenvalue weighted by Crippen LogP contribution is 2.19. The molecule has 0 radical (unpaired) electrons. The SMILES string of the molecule is Cn1ccc2ccn(S(=O)(=O)c3ccccc3)c2c1=O. The van der Waals surface area contributed by atoms with E-state index in [2.05, 4.69) is 0 Å². The number of aromatic nitrogens is 2. The van der Waals surface area contributed by atoms with Crippen molar-refractivity contribution in [3.63, 3.8) is 0 Å². The minimum Gasteiger partial charge on any atom is -0.317 e. The topological polar surface area (TPSA) is 61.1 Å². The molecule has 0 aliphatic heterocycles. The highest BCUT2D eigenvalue weighted by molar-refractivity contribution is 7.90. The molecule has 0 amide bonds. The Labute approximate surface area is 115 Å². The van der Waals surface area contributed by atoms with Crippen molar-refractivity contribution in [2.45, 2.75) is 4.90 Å². The number of hydrogen-bond donors (Lipinski definition) is 0. The molecule has 2 heterocycles. The van der Waals surface area contributed by atoms with E-state index in [4.69, 9.17) is 0 Å². The zero-order valence-corrected chi connectivity index (χ0v) is 11.5. The van der Waals surface area contributed by atoms with Crippen LogP contribution >= 0.6 is 0 Å². The summed E-state index contributed by atoms with van der Waals surface area (Å²) in [4.78, 5) is 12.3. The van der Waals surface area contributed by atoms with E-state index in [1.165, 1.54) is 22.9 Å². The Hall–Kier alpha value is -2.34. The Bertz CT molecular complexity index is 937. The standard InChI is InChI=1S/C14H12N2O3S/c1-15-9-7-11-8-10-16(13(11)14(15)17)20(18,19)12-5-3-2-4-6-12/h2-10H,1H3. The molecule has 0 atom stereocenters. The van der Waals surface area contributed by atoms with E-state index >= 15 is 0 Å². The van der Waals surface area contributed by atoms with Gasteiger partial charge in [0.25, 0.3) is 15.6 Å². The minimum atomic E-state index is -3.76. The van der Waals surface area contributed by atoms with Gasteiger partial charge in [0.15, 0.2) is 0 Å². The molecule has 5 nitrogen and oxygen atoms in total. The molecule has 6 heteroatoms. The molecule has 0 saturated heterocycles. The lowest BCUT2D eigenvalue weighted by Gasteiger charge is -2.07. The predicted octanol–water partition coefficient (Wildman–Crippen LogP) is 1.58. The van der Waals surface area contributed by atoms with Crippen LogP contribution in [0.1, 0.15) is 0 Å². The van der Waals surface area contributed by atoms with Crippen LogP contribution in [-0.2, 0) is 17.1 Å². The molecule has 2 aromatic heterocycles. The molecular weight excluding hydrogens is 276 g/mol. The zero-order chi connectivity index (χ0) is 14.3. The molecule has 0 unspecified atom stereocenters. The average Bonchev–Trinajstić information content (AvgIpc) is 2.89. The normalized spacial score (nSPS) is 11.8. The quantitative estimate of drug-likeness (QED) is 0.719. The summed E-state index contributed by atoms with van der Waals surface area (Å²) < 4.78 is 27.6. The highest BCUT2D eigenvalue weighted by Gasteiger charge is 2.20. The maximum absolute atomic E-state index is 12.6. The number of pyridine rings is 1. The molecule has 102 valence electrons. The fourth-order valence-corrected chi connectivity index (χ4v) is 3.49. The average molecular weight is 288 g/mol. The number of hydrogen-bond acceptors (Lipinski definition) is 3. The molecule has 0 bridgehead atoms. The first-order chi connectivity index (χ1) is 9.51. The maximum atomic E-state index is 12.6. The van der Waals surface area contributed by atoms with Crippen molar-refractivity contribution in [2.75, 3.05) is 0 Å². The third kappa shape index (κ3) is 1.77. The van der Waals surface area contributed by atoms with Crippen molar-refractivity contribution >= 4 is 20.9 Å². The summed E-state index contributed by atoms with van der Waals surface area (Å²) in [5.41, 5.74) is -0.175. The van der Waals surface area contributed by atoms with E-state index in [-0.39, 0.29) is 16.0 Å². The summed E-state index contributed by atoms with van der Waals surface area (Å²) in [6, 6.07) is 11.4.